The zero-order chi connectivity index (χ0) is 11.4. The highest BCUT2D eigenvalue weighted by molar-refractivity contribution is 6.32. The number of alkyl halides is 1. The van der Waals surface area contributed by atoms with Crippen LogP contribution >= 0.6 is 23.2 Å². The molecule has 0 amide bonds. The van der Waals surface area contributed by atoms with Gasteiger partial charge in [0, 0.05) is 17.3 Å². The molecule has 0 fully saturated rings. The van der Waals surface area contributed by atoms with Gasteiger partial charge in [0.15, 0.2) is 5.78 Å². The molecule has 0 aliphatic heterocycles. The van der Waals surface area contributed by atoms with Crippen molar-refractivity contribution in [2.24, 2.45) is 0 Å². The van der Waals surface area contributed by atoms with Gasteiger partial charge in [-0.2, -0.15) is 0 Å². The van der Waals surface area contributed by atoms with Crippen LogP contribution in [-0.4, -0.2) is 18.8 Å². The highest BCUT2D eigenvalue weighted by Crippen LogP contribution is 2.27. The lowest BCUT2D eigenvalue weighted by molar-refractivity contribution is 0.0986. The molecule has 0 bridgehead atoms. The summed E-state index contributed by atoms with van der Waals surface area (Å²) in [7, 11) is 1.53. The SMILES string of the molecule is COc1cc(C)c(Cl)cc1C(=O)CCCl. The monoisotopic (exact) mass is 246 g/mol. The lowest BCUT2D eigenvalue weighted by Gasteiger charge is -2.09. The summed E-state index contributed by atoms with van der Waals surface area (Å²) in [6.45, 7) is 1.86. The van der Waals surface area contributed by atoms with E-state index in [4.69, 9.17) is 27.9 Å². The number of carbonyl (C=O) groups excluding carboxylic acids is 1. The summed E-state index contributed by atoms with van der Waals surface area (Å²) < 4.78 is 5.13. The first-order valence-corrected chi connectivity index (χ1v) is 5.44. The van der Waals surface area contributed by atoms with E-state index >= 15 is 0 Å². The molecule has 82 valence electrons. The fraction of sp³-hybridized carbons (Fsp3) is 0.364. The van der Waals surface area contributed by atoms with Crippen molar-refractivity contribution in [1.82, 2.24) is 0 Å². The molecule has 1 rings (SSSR count). The summed E-state index contributed by atoms with van der Waals surface area (Å²) in [4.78, 5) is 11.7. The Labute approximate surface area is 99.1 Å². The Morgan fingerprint density at radius 1 is 1.47 bits per heavy atom. The molecule has 1 aromatic rings. The van der Waals surface area contributed by atoms with Crippen molar-refractivity contribution >= 4 is 29.0 Å². The van der Waals surface area contributed by atoms with E-state index in [0.717, 1.165) is 5.56 Å². The Balaban J connectivity index is 3.15. The average molecular weight is 247 g/mol. The van der Waals surface area contributed by atoms with Crippen LogP contribution in [0.1, 0.15) is 22.3 Å². The van der Waals surface area contributed by atoms with Crippen LogP contribution in [-0.2, 0) is 0 Å². The van der Waals surface area contributed by atoms with E-state index in [0.29, 0.717) is 22.2 Å². The van der Waals surface area contributed by atoms with Crippen LogP contribution in [0.15, 0.2) is 12.1 Å². The third-order valence-corrected chi connectivity index (χ3v) is 2.70. The number of rotatable bonds is 4. The Kier molecular flexibility index (Phi) is 4.43. The number of Topliss-reactive ketones (excluding diaryl/α,β-unsaturated/α-hetero) is 1. The van der Waals surface area contributed by atoms with E-state index in [1.54, 1.807) is 12.1 Å². The first-order valence-electron chi connectivity index (χ1n) is 4.53. The number of hydrogen-bond acceptors (Lipinski definition) is 2. The molecular weight excluding hydrogens is 235 g/mol. The second kappa shape index (κ2) is 5.38. The lowest BCUT2D eigenvalue weighted by Crippen LogP contribution is -2.03. The maximum Gasteiger partial charge on any atom is 0.167 e. The van der Waals surface area contributed by atoms with Crippen molar-refractivity contribution < 1.29 is 9.53 Å². The van der Waals surface area contributed by atoms with Gasteiger partial charge in [-0.3, -0.25) is 4.79 Å². The molecule has 0 unspecified atom stereocenters. The standard InChI is InChI=1S/C11H12Cl2O2/c1-7-5-11(15-2)8(6-9(7)13)10(14)3-4-12/h5-6H,3-4H2,1-2H3. The van der Waals surface area contributed by atoms with E-state index in [9.17, 15) is 4.79 Å². The van der Waals surface area contributed by atoms with Gasteiger partial charge in [0.25, 0.3) is 0 Å². The van der Waals surface area contributed by atoms with Gasteiger partial charge in [-0.05, 0) is 24.6 Å². The Bertz CT molecular complexity index is 375. The van der Waals surface area contributed by atoms with Crippen LogP contribution in [0.2, 0.25) is 5.02 Å². The highest BCUT2D eigenvalue weighted by Gasteiger charge is 2.13. The summed E-state index contributed by atoms with van der Waals surface area (Å²) in [5.41, 5.74) is 1.38. The van der Waals surface area contributed by atoms with Crippen molar-refractivity contribution in [3.05, 3.63) is 28.3 Å². The van der Waals surface area contributed by atoms with E-state index in [1.807, 2.05) is 6.92 Å². The topological polar surface area (TPSA) is 26.3 Å². The number of benzene rings is 1. The van der Waals surface area contributed by atoms with Crippen molar-refractivity contribution in [3.8, 4) is 5.75 Å². The summed E-state index contributed by atoms with van der Waals surface area (Å²) in [5, 5.41) is 0.564. The molecule has 0 heterocycles. The first kappa shape index (κ1) is 12.3. The predicted octanol–water partition coefficient (Wildman–Crippen LogP) is 3.47. The molecule has 4 heteroatoms. The number of ether oxygens (including phenoxy) is 1. The summed E-state index contributed by atoms with van der Waals surface area (Å²) >= 11 is 11.5. The zero-order valence-electron chi connectivity index (χ0n) is 8.64. The Morgan fingerprint density at radius 2 is 2.13 bits per heavy atom. The van der Waals surface area contributed by atoms with Gasteiger partial charge >= 0.3 is 0 Å². The van der Waals surface area contributed by atoms with Crippen LogP contribution in [0.25, 0.3) is 0 Å². The maximum absolute atomic E-state index is 11.7. The summed E-state index contributed by atoms with van der Waals surface area (Å²) in [6, 6.07) is 3.38. The molecule has 0 radical (unpaired) electrons. The summed E-state index contributed by atoms with van der Waals surface area (Å²) in [5.74, 6) is 0.795. The molecule has 0 aromatic heterocycles. The van der Waals surface area contributed by atoms with Gasteiger partial charge < -0.3 is 4.74 Å². The first-order chi connectivity index (χ1) is 7.10. The molecular formula is C11H12Cl2O2. The van der Waals surface area contributed by atoms with Crippen molar-refractivity contribution in [3.63, 3.8) is 0 Å². The highest BCUT2D eigenvalue weighted by atomic mass is 35.5. The lowest BCUT2D eigenvalue weighted by atomic mass is 10.1. The van der Waals surface area contributed by atoms with E-state index in [1.165, 1.54) is 7.11 Å². The third kappa shape index (κ3) is 2.86. The smallest absolute Gasteiger partial charge is 0.167 e. The average Bonchev–Trinajstić information content (AvgIpc) is 2.21. The molecule has 0 N–H and O–H groups in total. The minimum Gasteiger partial charge on any atom is -0.496 e. The Hall–Kier alpha value is -0.730. The van der Waals surface area contributed by atoms with Crippen LogP contribution in [0, 0.1) is 6.92 Å². The van der Waals surface area contributed by atoms with Gasteiger partial charge in [0.1, 0.15) is 5.75 Å². The molecule has 0 saturated heterocycles. The van der Waals surface area contributed by atoms with Crippen molar-refractivity contribution in [1.29, 1.82) is 0 Å². The molecule has 0 saturated carbocycles. The normalized spacial score (nSPS) is 10.1. The fourth-order valence-corrected chi connectivity index (χ4v) is 1.60. The second-order valence-corrected chi connectivity index (χ2v) is 3.95. The molecule has 2 nitrogen and oxygen atoms in total. The molecule has 0 spiro atoms. The number of halogens is 2. The molecule has 15 heavy (non-hydrogen) atoms. The number of carbonyl (C=O) groups is 1. The minimum atomic E-state index is -0.0521. The van der Waals surface area contributed by atoms with Gasteiger partial charge in [0.2, 0.25) is 0 Å². The predicted molar refractivity (Wildman–Crippen MR) is 62.4 cm³/mol. The van der Waals surface area contributed by atoms with Crippen LogP contribution in [0.5, 0.6) is 5.75 Å². The van der Waals surface area contributed by atoms with Crippen molar-refractivity contribution in [2.45, 2.75) is 13.3 Å². The number of methoxy groups -OCH3 is 1. The largest absolute Gasteiger partial charge is 0.496 e. The van der Waals surface area contributed by atoms with Crippen LogP contribution < -0.4 is 4.74 Å². The maximum atomic E-state index is 11.7. The number of aryl methyl sites for hydroxylation is 1. The van der Waals surface area contributed by atoms with E-state index in [-0.39, 0.29) is 12.2 Å². The van der Waals surface area contributed by atoms with Crippen LogP contribution in [0.3, 0.4) is 0 Å². The van der Waals surface area contributed by atoms with Gasteiger partial charge in [-0.15, -0.1) is 11.6 Å². The molecule has 0 aliphatic carbocycles. The molecule has 1 aromatic carbocycles. The van der Waals surface area contributed by atoms with Gasteiger partial charge in [0.05, 0.1) is 12.7 Å². The zero-order valence-corrected chi connectivity index (χ0v) is 10.2. The molecule has 0 atom stereocenters. The van der Waals surface area contributed by atoms with Crippen molar-refractivity contribution in [2.75, 3.05) is 13.0 Å². The van der Waals surface area contributed by atoms with Gasteiger partial charge in [-0.25, -0.2) is 0 Å². The number of ketones is 1. The summed E-state index contributed by atoms with van der Waals surface area (Å²) in [6.07, 6.45) is 0.289. The fourth-order valence-electron chi connectivity index (χ4n) is 1.26. The third-order valence-electron chi connectivity index (χ3n) is 2.10. The minimum absolute atomic E-state index is 0.0521. The van der Waals surface area contributed by atoms with E-state index in [2.05, 4.69) is 0 Å². The number of hydrogen-bond donors (Lipinski definition) is 0. The van der Waals surface area contributed by atoms with Crippen LogP contribution in [0.4, 0.5) is 0 Å². The quantitative estimate of drug-likeness (QED) is 0.601. The second-order valence-electron chi connectivity index (χ2n) is 3.16. The Morgan fingerprint density at radius 3 is 2.67 bits per heavy atom. The molecule has 0 aliphatic rings. The van der Waals surface area contributed by atoms with E-state index < -0.39 is 0 Å². The van der Waals surface area contributed by atoms with Gasteiger partial charge in [-0.1, -0.05) is 11.6 Å².